The van der Waals surface area contributed by atoms with Crippen molar-refractivity contribution in [2.75, 3.05) is 13.1 Å². The maximum absolute atomic E-state index is 12.0. The van der Waals surface area contributed by atoms with Gasteiger partial charge in [-0.3, -0.25) is 4.68 Å². The highest BCUT2D eigenvalue weighted by Gasteiger charge is 2.16. The number of nitrogens with zero attached hydrogens (tertiary/aromatic N) is 2. The third kappa shape index (κ3) is 6.02. The van der Waals surface area contributed by atoms with Gasteiger partial charge in [-0.25, -0.2) is 13.1 Å². The lowest BCUT2D eigenvalue weighted by Crippen LogP contribution is -2.27. The third-order valence-corrected chi connectivity index (χ3v) is 4.10. The molecule has 0 saturated carbocycles. The van der Waals surface area contributed by atoms with Crippen LogP contribution in [0.4, 0.5) is 0 Å². The molecule has 0 aromatic carbocycles. The van der Waals surface area contributed by atoms with Gasteiger partial charge in [0.1, 0.15) is 4.90 Å². The Hall–Kier alpha value is -0.920. The summed E-state index contributed by atoms with van der Waals surface area (Å²) in [4.78, 5) is 0.231. The van der Waals surface area contributed by atoms with E-state index in [1.54, 1.807) is 10.9 Å². The number of rotatable bonds is 9. The molecular weight excluding hydrogens is 276 g/mol. The Labute approximate surface area is 122 Å². The van der Waals surface area contributed by atoms with Gasteiger partial charge in [-0.05, 0) is 18.9 Å². The van der Waals surface area contributed by atoms with Crippen LogP contribution in [0.1, 0.15) is 34.1 Å². The quantitative estimate of drug-likeness (QED) is 0.672. The number of sulfonamides is 1. The number of aromatic nitrogens is 2. The molecule has 0 amide bonds. The van der Waals surface area contributed by atoms with E-state index in [-0.39, 0.29) is 10.8 Å². The molecule has 0 aliphatic rings. The zero-order valence-electron chi connectivity index (χ0n) is 12.8. The van der Waals surface area contributed by atoms with Crippen molar-refractivity contribution >= 4 is 10.0 Å². The molecule has 7 heteroatoms. The molecule has 1 aromatic heterocycles. The monoisotopic (exact) mass is 302 g/mol. The fourth-order valence-corrected chi connectivity index (χ4v) is 2.76. The Bertz CT molecular complexity index is 494. The minimum Gasteiger partial charge on any atom is -0.314 e. The lowest BCUT2D eigenvalue weighted by molar-refractivity contribution is 0.513. The van der Waals surface area contributed by atoms with E-state index in [0.29, 0.717) is 19.1 Å². The molecule has 1 heterocycles. The Balaban J connectivity index is 2.49. The summed E-state index contributed by atoms with van der Waals surface area (Å²) in [5.74, 6) is 0.280. The molecule has 0 aliphatic heterocycles. The SMILES string of the molecule is CC(C)CNS(=O)(=O)c1cnn(CCCNC(C)C)c1. The topological polar surface area (TPSA) is 76.0 Å². The first-order valence-corrected chi connectivity index (χ1v) is 8.55. The van der Waals surface area contributed by atoms with Crippen LogP contribution < -0.4 is 10.0 Å². The smallest absolute Gasteiger partial charge is 0.243 e. The largest absolute Gasteiger partial charge is 0.314 e. The second-order valence-corrected chi connectivity index (χ2v) is 7.41. The van der Waals surface area contributed by atoms with Crippen LogP contribution in [0.25, 0.3) is 0 Å². The average molecular weight is 302 g/mol. The summed E-state index contributed by atoms with van der Waals surface area (Å²) in [6.07, 6.45) is 3.90. The van der Waals surface area contributed by atoms with Gasteiger partial charge in [0, 0.05) is 25.3 Å². The Kier molecular flexibility index (Phi) is 6.64. The van der Waals surface area contributed by atoms with Crippen molar-refractivity contribution in [3.8, 4) is 0 Å². The van der Waals surface area contributed by atoms with Gasteiger partial charge in [-0.1, -0.05) is 27.7 Å². The van der Waals surface area contributed by atoms with Crippen LogP contribution in [0.3, 0.4) is 0 Å². The summed E-state index contributed by atoms with van der Waals surface area (Å²) in [5, 5.41) is 7.41. The maximum atomic E-state index is 12.0. The maximum Gasteiger partial charge on any atom is 0.243 e. The van der Waals surface area contributed by atoms with Crippen LogP contribution in [0, 0.1) is 5.92 Å². The third-order valence-electron chi connectivity index (χ3n) is 2.72. The van der Waals surface area contributed by atoms with Crippen LogP contribution in [-0.2, 0) is 16.6 Å². The zero-order valence-corrected chi connectivity index (χ0v) is 13.6. The Morgan fingerprint density at radius 2 is 2.00 bits per heavy atom. The lowest BCUT2D eigenvalue weighted by Gasteiger charge is -2.08. The highest BCUT2D eigenvalue weighted by Crippen LogP contribution is 2.07. The van der Waals surface area contributed by atoms with Crippen molar-refractivity contribution in [1.29, 1.82) is 0 Å². The predicted molar refractivity (Wildman–Crippen MR) is 80.0 cm³/mol. The van der Waals surface area contributed by atoms with Crippen LogP contribution in [0.15, 0.2) is 17.3 Å². The molecule has 6 nitrogen and oxygen atoms in total. The summed E-state index contributed by atoms with van der Waals surface area (Å²) in [7, 11) is -3.43. The van der Waals surface area contributed by atoms with Crippen molar-refractivity contribution in [3.05, 3.63) is 12.4 Å². The Morgan fingerprint density at radius 1 is 1.30 bits per heavy atom. The molecule has 0 atom stereocenters. The van der Waals surface area contributed by atoms with Crippen molar-refractivity contribution in [3.63, 3.8) is 0 Å². The molecule has 0 unspecified atom stereocenters. The van der Waals surface area contributed by atoms with Crippen molar-refractivity contribution < 1.29 is 8.42 Å². The lowest BCUT2D eigenvalue weighted by atomic mass is 10.2. The van der Waals surface area contributed by atoms with Crippen molar-refractivity contribution in [2.45, 2.75) is 51.6 Å². The minimum atomic E-state index is -3.43. The summed E-state index contributed by atoms with van der Waals surface area (Å²) >= 11 is 0. The first-order chi connectivity index (χ1) is 9.31. The minimum absolute atomic E-state index is 0.231. The number of hydrogen-bond donors (Lipinski definition) is 2. The molecular formula is C13H26N4O2S. The molecule has 2 N–H and O–H groups in total. The zero-order chi connectivity index (χ0) is 15.2. The van der Waals surface area contributed by atoms with Gasteiger partial charge in [0.25, 0.3) is 0 Å². The molecule has 20 heavy (non-hydrogen) atoms. The van der Waals surface area contributed by atoms with E-state index in [2.05, 4.69) is 29.0 Å². The number of nitrogens with one attached hydrogen (secondary N) is 2. The van der Waals surface area contributed by atoms with E-state index in [1.165, 1.54) is 6.20 Å². The molecule has 0 aliphatic carbocycles. The van der Waals surface area contributed by atoms with Crippen molar-refractivity contribution in [2.24, 2.45) is 5.92 Å². The molecule has 0 bridgehead atoms. The van der Waals surface area contributed by atoms with Gasteiger partial charge in [0.2, 0.25) is 10.0 Å². The van der Waals surface area contributed by atoms with E-state index in [4.69, 9.17) is 0 Å². The van der Waals surface area contributed by atoms with E-state index in [0.717, 1.165) is 13.0 Å². The molecule has 1 rings (SSSR count). The summed E-state index contributed by atoms with van der Waals surface area (Å²) in [6, 6.07) is 0.462. The van der Waals surface area contributed by atoms with Crippen LogP contribution in [0.5, 0.6) is 0 Å². The van der Waals surface area contributed by atoms with Crippen LogP contribution in [-0.4, -0.2) is 37.3 Å². The van der Waals surface area contributed by atoms with Crippen LogP contribution in [0.2, 0.25) is 0 Å². The van der Waals surface area contributed by atoms with Gasteiger partial charge >= 0.3 is 0 Å². The van der Waals surface area contributed by atoms with E-state index in [9.17, 15) is 8.42 Å². The normalized spacial score (nSPS) is 12.5. The van der Waals surface area contributed by atoms with Gasteiger partial charge in [0.15, 0.2) is 0 Å². The molecule has 116 valence electrons. The number of hydrogen-bond acceptors (Lipinski definition) is 4. The molecule has 0 saturated heterocycles. The summed E-state index contributed by atoms with van der Waals surface area (Å²) < 4.78 is 28.2. The molecule has 1 aromatic rings. The van der Waals surface area contributed by atoms with Gasteiger partial charge in [-0.15, -0.1) is 0 Å². The fraction of sp³-hybridized carbons (Fsp3) is 0.769. The van der Waals surface area contributed by atoms with E-state index < -0.39 is 10.0 Å². The first kappa shape index (κ1) is 17.1. The summed E-state index contributed by atoms with van der Waals surface area (Å²) in [6.45, 7) is 10.2. The standard InChI is InChI=1S/C13H26N4O2S/c1-11(2)8-16-20(18,19)13-9-15-17(10-13)7-5-6-14-12(3)4/h9-12,14,16H,5-8H2,1-4H3. The predicted octanol–water partition coefficient (Wildman–Crippen LogP) is 1.21. The van der Waals surface area contributed by atoms with Crippen LogP contribution >= 0.6 is 0 Å². The second-order valence-electron chi connectivity index (χ2n) is 5.65. The van der Waals surface area contributed by atoms with Gasteiger partial charge < -0.3 is 5.32 Å². The average Bonchev–Trinajstić information content (AvgIpc) is 2.81. The molecule has 0 fully saturated rings. The van der Waals surface area contributed by atoms with Gasteiger partial charge in [-0.2, -0.15) is 5.10 Å². The highest BCUT2D eigenvalue weighted by atomic mass is 32.2. The first-order valence-electron chi connectivity index (χ1n) is 7.06. The number of aryl methyl sites for hydroxylation is 1. The highest BCUT2D eigenvalue weighted by molar-refractivity contribution is 7.89. The summed E-state index contributed by atoms with van der Waals surface area (Å²) in [5.41, 5.74) is 0. The Morgan fingerprint density at radius 3 is 2.60 bits per heavy atom. The fourth-order valence-electron chi connectivity index (χ4n) is 1.60. The second kappa shape index (κ2) is 7.75. The van der Waals surface area contributed by atoms with Crippen molar-refractivity contribution in [1.82, 2.24) is 19.8 Å². The van der Waals surface area contributed by atoms with E-state index in [1.807, 2.05) is 13.8 Å². The molecule has 0 radical (unpaired) electrons. The van der Waals surface area contributed by atoms with E-state index >= 15 is 0 Å². The van der Waals surface area contributed by atoms with Gasteiger partial charge in [0.05, 0.1) is 6.20 Å². The molecule has 0 spiro atoms.